The molecule has 2 aliphatic heterocycles. The number of likely N-dealkylation sites (tertiary alicyclic amines) is 1. The molecule has 9 heteroatoms. The predicted molar refractivity (Wildman–Crippen MR) is 112 cm³/mol. The molecule has 1 aromatic carbocycles. The number of nitrogens with zero attached hydrogens (tertiary/aromatic N) is 1. The Labute approximate surface area is 185 Å². The highest BCUT2D eigenvalue weighted by Crippen LogP contribution is 2.48. The normalized spacial score (nSPS) is 27.3. The van der Waals surface area contributed by atoms with Crippen LogP contribution in [0, 0.1) is 0 Å². The molecule has 1 fully saturated rings. The van der Waals surface area contributed by atoms with Crippen LogP contribution >= 0.6 is 0 Å². The van der Waals surface area contributed by atoms with E-state index in [2.05, 4.69) is 4.90 Å². The number of fused-ring (bicyclic) bond motifs is 5. The highest BCUT2D eigenvalue weighted by atomic mass is 16.6. The van der Waals surface area contributed by atoms with Crippen molar-refractivity contribution in [3.63, 3.8) is 0 Å². The van der Waals surface area contributed by atoms with E-state index < -0.39 is 36.2 Å². The van der Waals surface area contributed by atoms with Crippen LogP contribution in [0.25, 0.3) is 0 Å². The van der Waals surface area contributed by atoms with E-state index in [4.69, 9.17) is 18.9 Å². The molecule has 0 aromatic heterocycles. The first-order valence-electron chi connectivity index (χ1n) is 10.6. The summed E-state index contributed by atoms with van der Waals surface area (Å²) in [5.74, 6) is -1.59. The van der Waals surface area contributed by atoms with Crippen molar-refractivity contribution in [1.82, 2.24) is 4.90 Å². The van der Waals surface area contributed by atoms with Crippen molar-refractivity contribution in [2.45, 2.75) is 57.0 Å². The molecule has 3 aliphatic rings. The van der Waals surface area contributed by atoms with Crippen LogP contribution in [0.15, 0.2) is 23.8 Å². The molecule has 1 aromatic rings. The molecule has 0 spiro atoms. The van der Waals surface area contributed by atoms with Gasteiger partial charge < -0.3 is 24.1 Å². The van der Waals surface area contributed by atoms with Gasteiger partial charge in [-0.3, -0.25) is 14.5 Å². The van der Waals surface area contributed by atoms with Crippen LogP contribution in [-0.4, -0.2) is 73.0 Å². The Morgan fingerprint density at radius 1 is 1.31 bits per heavy atom. The summed E-state index contributed by atoms with van der Waals surface area (Å²) >= 11 is 0. The number of likely N-dealkylation sites (N-methyl/N-ethyl adjacent to an activating group) is 1. The van der Waals surface area contributed by atoms with Gasteiger partial charge in [0.2, 0.25) is 0 Å². The third-order valence-corrected chi connectivity index (χ3v) is 6.15. The molecular weight excluding hydrogens is 418 g/mol. The molecule has 172 valence electrons. The van der Waals surface area contributed by atoms with Gasteiger partial charge in [0.05, 0.1) is 25.2 Å². The van der Waals surface area contributed by atoms with E-state index in [1.54, 1.807) is 6.07 Å². The zero-order chi connectivity index (χ0) is 23.2. The van der Waals surface area contributed by atoms with E-state index in [0.29, 0.717) is 11.1 Å². The lowest BCUT2D eigenvalue weighted by Crippen LogP contribution is -2.51. The zero-order valence-electron chi connectivity index (χ0n) is 18.5. The smallest absolute Gasteiger partial charge is 0.339 e. The van der Waals surface area contributed by atoms with Gasteiger partial charge >= 0.3 is 17.9 Å². The van der Waals surface area contributed by atoms with Gasteiger partial charge in [-0.2, -0.15) is 0 Å². The largest absolute Gasteiger partial charge is 0.493 e. The van der Waals surface area contributed by atoms with Crippen LogP contribution in [0.3, 0.4) is 0 Å². The molecule has 4 rings (SSSR count). The first kappa shape index (κ1) is 22.3. The molecule has 1 saturated heterocycles. The van der Waals surface area contributed by atoms with Crippen LogP contribution in [0.2, 0.25) is 0 Å². The molecule has 5 atom stereocenters. The van der Waals surface area contributed by atoms with Crippen molar-refractivity contribution in [3.05, 3.63) is 34.9 Å². The highest BCUT2D eigenvalue weighted by Gasteiger charge is 2.52. The summed E-state index contributed by atoms with van der Waals surface area (Å²) in [5, 5.41) is 9.50. The predicted octanol–water partition coefficient (Wildman–Crippen LogP) is 1.57. The molecule has 0 radical (unpaired) electrons. The minimum atomic E-state index is -0.854. The fourth-order valence-corrected chi connectivity index (χ4v) is 4.89. The van der Waals surface area contributed by atoms with Crippen LogP contribution in [0.4, 0.5) is 0 Å². The third-order valence-electron chi connectivity index (χ3n) is 6.15. The van der Waals surface area contributed by atoms with Gasteiger partial charge in [0.1, 0.15) is 0 Å². The standard InChI is InChI=1S/C23H27NO8/c1-11(25)7-19(27)31-17-9-14-15(10-16(17)29-4)23(28)32-22-18(30-12(2)26)8-13-5-6-24(3)21(13)20(14)22/h8-11,18,20-22,25H,5-7H2,1-4H3/t11?,18-,20?,21+,22+/m0/s1. The van der Waals surface area contributed by atoms with Gasteiger partial charge in [-0.05, 0) is 44.2 Å². The van der Waals surface area contributed by atoms with Gasteiger partial charge in [0, 0.05) is 25.4 Å². The van der Waals surface area contributed by atoms with Crippen molar-refractivity contribution >= 4 is 17.9 Å². The van der Waals surface area contributed by atoms with E-state index in [1.807, 2.05) is 13.1 Å². The van der Waals surface area contributed by atoms with Gasteiger partial charge in [-0.15, -0.1) is 0 Å². The monoisotopic (exact) mass is 445 g/mol. The summed E-state index contributed by atoms with van der Waals surface area (Å²) in [4.78, 5) is 39.0. The fourth-order valence-electron chi connectivity index (χ4n) is 4.89. The van der Waals surface area contributed by atoms with Gasteiger partial charge in [-0.1, -0.05) is 5.57 Å². The molecule has 2 unspecified atom stereocenters. The number of hydrogen-bond acceptors (Lipinski definition) is 9. The van der Waals surface area contributed by atoms with Crippen LogP contribution in [-0.2, 0) is 19.1 Å². The average molecular weight is 445 g/mol. The maximum absolute atomic E-state index is 12.9. The third kappa shape index (κ3) is 3.98. The number of esters is 3. The molecule has 0 amide bonds. The van der Waals surface area contributed by atoms with Gasteiger partial charge in [0.15, 0.2) is 23.7 Å². The minimum absolute atomic E-state index is 0.0481. The lowest BCUT2D eigenvalue weighted by atomic mass is 9.73. The van der Waals surface area contributed by atoms with E-state index >= 15 is 0 Å². The molecule has 0 saturated carbocycles. The molecule has 9 nitrogen and oxygen atoms in total. The number of methoxy groups -OCH3 is 1. The van der Waals surface area contributed by atoms with Crippen molar-refractivity contribution in [3.8, 4) is 11.5 Å². The van der Waals surface area contributed by atoms with Gasteiger partial charge in [0.25, 0.3) is 0 Å². The van der Waals surface area contributed by atoms with E-state index in [1.165, 1.54) is 27.0 Å². The number of carbonyl (C=O) groups is 3. The van der Waals surface area contributed by atoms with Crippen LogP contribution in [0.5, 0.6) is 11.5 Å². The van der Waals surface area contributed by atoms with Crippen molar-refractivity contribution in [2.24, 2.45) is 0 Å². The Balaban J connectivity index is 1.80. The second kappa shape index (κ2) is 8.55. The first-order chi connectivity index (χ1) is 15.2. The number of ether oxygens (including phenoxy) is 4. The summed E-state index contributed by atoms with van der Waals surface area (Å²) in [5.41, 5.74) is 2.09. The summed E-state index contributed by atoms with van der Waals surface area (Å²) in [6.07, 6.45) is 0.271. The number of rotatable bonds is 5. The molecule has 1 N–H and O–H groups in total. The molecule has 32 heavy (non-hydrogen) atoms. The van der Waals surface area contributed by atoms with Gasteiger partial charge in [-0.25, -0.2) is 4.79 Å². The number of aliphatic hydroxyl groups is 1. The first-order valence-corrected chi connectivity index (χ1v) is 10.6. The number of carbonyl (C=O) groups excluding carboxylic acids is 3. The molecule has 0 bridgehead atoms. The number of benzene rings is 1. The Morgan fingerprint density at radius 3 is 2.72 bits per heavy atom. The SMILES string of the molecule is COc1cc2c(cc1OC(=O)CC(C)O)C1[C@H]3C(=C[C@H](OC(C)=O)[C@H]1OC2=O)CCN3C. The zero-order valence-corrected chi connectivity index (χ0v) is 18.5. The minimum Gasteiger partial charge on any atom is -0.493 e. The van der Waals surface area contributed by atoms with Crippen molar-refractivity contribution < 1.29 is 38.4 Å². The Bertz CT molecular complexity index is 984. The number of hydrogen-bond donors (Lipinski definition) is 1. The maximum atomic E-state index is 12.9. The topological polar surface area (TPSA) is 112 Å². The summed E-state index contributed by atoms with van der Waals surface area (Å²) < 4.78 is 22.1. The van der Waals surface area contributed by atoms with Crippen molar-refractivity contribution in [2.75, 3.05) is 20.7 Å². The Hall–Kier alpha value is -2.91. The van der Waals surface area contributed by atoms with Crippen LogP contribution in [0.1, 0.15) is 48.5 Å². The highest BCUT2D eigenvalue weighted by molar-refractivity contribution is 5.94. The molecular formula is C23H27NO8. The lowest BCUT2D eigenvalue weighted by Gasteiger charge is -2.44. The second-order valence-electron chi connectivity index (χ2n) is 8.50. The fraction of sp³-hybridized carbons (Fsp3) is 0.522. The van der Waals surface area contributed by atoms with Crippen LogP contribution < -0.4 is 9.47 Å². The Kier molecular flexibility index (Phi) is 5.96. The summed E-state index contributed by atoms with van der Waals surface area (Å²) in [7, 11) is 3.41. The summed E-state index contributed by atoms with van der Waals surface area (Å²) in [6.45, 7) is 3.64. The van der Waals surface area contributed by atoms with E-state index in [0.717, 1.165) is 18.5 Å². The average Bonchev–Trinajstić information content (AvgIpc) is 3.07. The van der Waals surface area contributed by atoms with E-state index in [-0.39, 0.29) is 29.9 Å². The molecule has 1 aliphatic carbocycles. The summed E-state index contributed by atoms with van der Waals surface area (Å²) in [6, 6.07) is 3.09. The maximum Gasteiger partial charge on any atom is 0.339 e. The van der Waals surface area contributed by atoms with E-state index in [9.17, 15) is 19.5 Å². The quantitative estimate of drug-likeness (QED) is 0.410. The number of aliphatic hydroxyl groups excluding tert-OH is 1. The second-order valence-corrected chi connectivity index (χ2v) is 8.50. The Morgan fingerprint density at radius 2 is 2.06 bits per heavy atom. The van der Waals surface area contributed by atoms with Crippen molar-refractivity contribution in [1.29, 1.82) is 0 Å². The lowest BCUT2D eigenvalue weighted by molar-refractivity contribution is -0.151. The molecule has 2 heterocycles.